The number of thioether (sulfide) groups is 1. The van der Waals surface area contributed by atoms with E-state index in [9.17, 15) is 9.59 Å². The quantitative estimate of drug-likeness (QED) is 0.652. The first-order valence-corrected chi connectivity index (χ1v) is 7.08. The molecular formula is C11H16N2O2S. The van der Waals surface area contributed by atoms with Gasteiger partial charge in [0.15, 0.2) is 0 Å². The summed E-state index contributed by atoms with van der Waals surface area (Å²) in [6, 6.07) is 0.863. The number of imide groups is 1. The van der Waals surface area contributed by atoms with Gasteiger partial charge in [0.05, 0.1) is 6.04 Å². The molecule has 0 aliphatic carbocycles. The van der Waals surface area contributed by atoms with Crippen molar-refractivity contribution < 1.29 is 9.59 Å². The lowest BCUT2D eigenvalue weighted by Crippen LogP contribution is -2.63. The van der Waals surface area contributed by atoms with Crippen molar-refractivity contribution in [3.05, 3.63) is 0 Å². The molecule has 2 amide bonds. The van der Waals surface area contributed by atoms with Crippen LogP contribution in [-0.2, 0) is 9.59 Å². The summed E-state index contributed by atoms with van der Waals surface area (Å²) in [5, 5.41) is 0. The molecule has 0 aromatic rings. The summed E-state index contributed by atoms with van der Waals surface area (Å²) >= 11 is 2.01. The second-order valence-corrected chi connectivity index (χ2v) is 5.93. The number of carbonyl (C=O) groups excluding carboxylic acids is 2. The Kier molecular flexibility index (Phi) is 2.67. The molecule has 0 aromatic heterocycles. The van der Waals surface area contributed by atoms with Crippen LogP contribution >= 0.6 is 11.8 Å². The molecule has 1 unspecified atom stereocenters. The van der Waals surface area contributed by atoms with Gasteiger partial charge in [0.2, 0.25) is 11.8 Å². The molecule has 0 N–H and O–H groups in total. The minimum Gasteiger partial charge on any atom is -0.295 e. The molecule has 3 saturated heterocycles. The van der Waals surface area contributed by atoms with E-state index in [4.69, 9.17) is 0 Å². The first kappa shape index (κ1) is 10.6. The van der Waals surface area contributed by atoms with Crippen LogP contribution in [0.5, 0.6) is 0 Å². The van der Waals surface area contributed by atoms with Crippen molar-refractivity contribution in [3.8, 4) is 0 Å². The van der Waals surface area contributed by atoms with Crippen LogP contribution in [0.1, 0.15) is 19.3 Å². The van der Waals surface area contributed by atoms with Crippen LogP contribution in [0.4, 0.5) is 0 Å². The highest BCUT2D eigenvalue weighted by Crippen LogP contribution is 2.29. The molecular weight excluding hydrogens is 224 g/mol. The van der Waals surface area contributed by atoms with Crippen LogP contribution in [0, 0.1) is 0 Å². The van der Waals surface area contributed by atoms with Crippen molar-refractivity contribution >= 4 is 23.6 Å². The molecule has 3 fully saturated rings. The minimum atomic E-state index is 0.0375. The zero-order chi connectivity index (χ0) is 11.1. The minimum absolute atomic E-state index is 0.0375. The molecule has 16 heavy (non-hydrogen) atoms. The number of amides is 2. The summed E-state index contributed by atoms with van der Waals surface area (Å²) in [5.41, 5.74) is 0. The predicted molar refractivity (Wildman–Crippen MR) is 62.2 cm³/mol. The third-order valence-corrected chi connectivity index (χ3v) is 4.91. The first-order chi connectivity index (χ1) is 7.75. The average Bonchev–Trinajstić information content (AvgIpc) is 2.80. The largest absolute Gasteiger partial charge is 0.295 e. The lowest BCUT2D eigenvalue weighted by Gasteiger charge is -2.46. The van der Waals surface area contributed by atoms with Gasteiger partial charge in [-0.25, -0.2) is 0 Å². The molecule has 88 valence electrons. The summed E-state index contributed by atoms with van der Waals surface area (Å²) in [7, 11) is 0. The van der Waals surface area contributed by atoms with E-state index in [2.05, 4.69) is 4.90 Å². The first-order valence-electron chi connectivity index (χ1n) is 5.92. The summed E-state index contributed by atoms with van der Waals surface area (Å²) in [4.78, 5) is 27.0. The normalized spacial score (nSPS) is 32.5. The number of rotatable bonds is 2. The van der Waals surface area contributed by atoms with Crippen LogP contribution in [0.25, 0.3) is 0 Å². The van der Waals surface area contributed by atoms with Gasteiger partial charge in [-0.3, -0.25) is 19.4 Å². The SMILES string of the molecule is O=C1CCC(=O)N1C1CN(C2CCSC2)C1. The van der Waals surface area contributed by atoms with E-state index in [0.29, 0.717) is 18.9 Å². The Morgan fingerprint density at radius 2 is 1.75 bits per heavy atom. The second kappa shape index (κ2) is 4.04. The third kappa shape index (κ3) is 1.66. The molecule has 3 heterocycles. The number of nitrogens with zero attached hydrogens (tertiary/aromatic N) is 2. The van der Waals surface area contributed by atoms with Gasteiger partial charge in [0.1, 0.15) is 0 Å². The van der Waals surface area contributed by atoms with Crippen molar-refractivity contribution in [1.82, 2.24) is 9.80 Å². The van der Waals surface area contributed by atoms with Gasteiger partial charge in [0.25, 0.3) is 0 Å². The summed E-state index contributed by atoms with van der Waals surface area (Å²) in [6.07, 6.45) is 2.11. The second-order valence-electron chi connectivity index (χ2n) is 4.78. The lowest BCUT2D eigenvalue weighted by molar-refractivity contribution is -0.145. The number of hydrogen-bond acceptors (Lipinski definition) is 4. The molecule has 4 nitrogen and oxygen atoms in total. The Morgan fingerprint density at radius 3 is 2.31 bits per heavy atom. The van der Waals surface area contributed by atoms with Crippen molar-refractivity contribution in [2.75, 3.05) is 24.6 Å². The summed E-state index contributed by atoms with van der Waals surface area (Å²) in [6.45, 7) is 1.81. The van der Waals surface area contributed by atoms with E-state index < -0.39 is 0 Å². The van der Waals surface area contributed by atoms with Crippen LogP contribution < -0.4 is 0 Å². The topological polar surface area (TPSA) is 40.6 Å². The van der Waals surface area contributed by atoms with Gasteiger partial charge < -0.3 is 0 Å². The van der Waals surface area contributed by atoms with E-state index in [-0.39, 0.29) is 17.9 Å². The van der Waals surface area contributed by atoms with E-state index in [1.54, 1.807) is 0 Å². The number of likely N-dealkylation sites (tertiary alicyclic amines) is 2. The fraction of sp³-hybridized carbons (Fsp3) is 0.818. The zero-order valence-electron chi connectivity index (χ0n) is 9.22. The maximum atomic E-state index is 11.5. The van der Waals surface area contributed by atoms with E-state index in [1.807, 2.05) is 11.8 Å². The van der Waals surface area contributed by atoms with Crippen LogP contribution in [0.3, 0.4) is 0 Å². The van der Waals surface area contributed by atoms with Crippen molar-refractivity contribution in [1.29, 1.82) is 0 Å². The maximum absolute atomic E-state index is 11.5. The molecule has 3 rings (SSSR count). The molecule has 3 aliphatic heterocycles. The number of hydrogen-bond donors (Lipinski definition) is 0. The molecule has 3 aliphatic rings. The number of carbonyl (C=O) groups is 2. The molecule has 0 radical (unpaired) electrons. The summed E-state index contributed by atoms with van der Waals surface area (Å²) < 4.78 is 0. The molecule has 0 spiro atoms. The fourth-order valence-corrected chi connectivity index (χ4v) is 4.02. The smallest absolute Gasteiger partial charge is 0.230 e. The Morgan fingerprint density at radius 1 is 1.06 bits per heavy atom. The maximum Gasteiger partial charge on any atom is 0.230 e. The standard InChI is InChI=1S/C11H16N2O2S/c14-10-1-2-11(15)13(10)9-5-12(6-9)8-3-4-16-7-8/h8-9H,1-7H2. The molecule has 0 aromatic carbocycles. The van der Waals surface area contributed by atoms with Crippen molar-refractivity contribution in [2.45, 2.75) is 31.3 Å². The van der Waals surface area contributed by atoms with Crippen molar-refractivity contribution in [2.24, 2.45) is 0 Å². The van der Waals surface area contributed by atoms with Gasteiger partial charge >= 0.3 is 0 Å². The Bertz CT molecular complexity index is 306. The Balaban J connectivity index is 1.56. The molecule has 0 saturated carbocycles. The Labute approximate surface area is 99.3 Å². The van der Waals surface area contributed by atoms with Crippen LogP contribution in [0.15, 0.2) is 0 Å². The van der Waals surface area contributed by atoms with E-state index >= 15 is 0 Å². The van der Waals surface area contributed by atoms with Gasteiger partial charge in [-0.1, -0.05) is 0 Å². The summed E-state index contributed by atoms with van der Waals surface area (Å²) in [5.74, 6) is 2.55. The highest BCUT2D eigenvalue weighted by atomic mass is 32.2. The molecule has 1 atom stereocenters. The highest BCUT2D eigenvalue weighted by molar-refractivity contribution is 7.99. The predicted octanol–water partition coefficient (Wildman–Crippen LogP) is 0.325. The third-order valence-electron chi connectivity index (χ3n) is 3.77. The molecule has 5 heteroatoms. The van der Waals surface area contributed by atoms with Crippen molar-refractivity contribution in [3.63, 3.8) is 0 Å². The zero-order valence-corrected chi connectivity index (χ0v) is 10.0. The molecule has 0 bridgehead atoms. The highest BCUT2D eigenvalue weighted by Gasteiger charge is 2.43. The monoisotopic (exact) mass is 240 g/mol. The van der Waals surface area contributed by atoms with Crippen LogP contribution in [-0.4, -0.2) is 58.3 Å². The van der Waals surface area contributed by atoms with E-state index in [0.717, 1.165) is 13.1 Å². The van der Waals surface area contributed by atoms with Gasteiger partial charge in [-0.2, -0.15) is 11.8 Å². The Hall–Kier alpha value is -0.550. The van der Waals surface area contributed by atoms with E-state index in [1.165, 1.54) is 22.8 Å². The van der Waals surface area contributed by atoms with Gasteiger partial charge in [0, 0.05) is 37.7 Å². The fourth-order valence-electron chi connectivity index (χ4n) is 2.76. The van der Waals surface area contributed by atoms with Gasteiger partial charge in [-0.05, 0) is 12.2 Å². The average molecular weight is 240 g/mol. The lowest BCUT2D eigenvalue weighted by atomic mass is 10.0. The van der Waals surface area contributed by atoms with Gasteiger partial charge in [-0.15, -0.1) is 0 Å². The van der Waals surface area contributed by atoms with Crippen LogP contribution in [0.2, 0.25) is 0 Å².